The first kappa shape index (κ1) is 31.5. The van der Waals surface area contributed by atoms with E-state index in [1.54, 1.807) is 67.8 Å². The fraction of sp³-hybridized carbons (Fsp3) is 0.355. The Hall–Kier alpha value is -4.05. The molecule has 41 heavy (non-hydrogen) atoms. The Balaban J connectivity index is 2.05. The van der Waals surface area contributed by atoms with Crippen molar-refractivity contribution in [3.63, 3.8) is 0 Å². The van der Waals surface area contributed by atoms with Crippen molar-refractivity contribution in [3.8, 4) is 11.5 Å². The molecule has 3 rings (SSSR count). The minimum absolute atomic E-state index is 0.0460. The van der Waals surface area contributed by atoms with Gasteiger partial charge in [-0.15, -0.1) is 0 Å². The number of nitrogens with zero attached hydrogens (tertiary/aromatic N) is 2. The molecule has 0 saturated heterocycles. The second kappa shape index (κ2) is 14.5. The number of hydrogen-bond acceptors (Lipinski definition) is 6. The fourth-order valence-electron chi connectivity index (χ4n) is 4.31. The third-order valence-corrected chi connectivity index (χ3v) is 8.32. The predicted molar refractivity (Wildman–Crippen MR) is 159 cm³/mol. The number of hydrogen-bond donors (Lipinski definition) is 1. The van der Waals surface area contributed by atoms with Crippen LogP contribution >= 0.6 is 0 Å². The molecule has 2 amide bonds. The summed E-state index contributed by atoms with van der Waals surface area (Å²) in [4.78, 5) is 28.9. The molecule has 0 aromatic heterocycles. The van der Waals surface area contributed by atoms with Gasteiger partial charge in [0.15, 0.2) is 0 Å². The molecule has 1 atom stereocenters. The molecule has 0 saturated carbocycles. The molecular formula is C31H39N3O6S. The molecule has 0 aliphatic rings. The first-order valence-electron chi connectivity index (χ1n) is 13.5. The van der Waals surface area contributed by atoms with Gasteiger partial charge in [0.2, 0.25) is 11.8 Å². The number of sulfonamides is 1. The standard InChI is InChI=1S/C31H39N3O6S/c1-6-29(31(36)32-20-23(2)3)33(21-24-11-10-12-27(19-24)40-5)30(35)22-34(25-15-17-26(39-4)18-16-25)41(37,38)28-13-8-7-9-14-28/h7-19,23,29H,6,20-22H2,1-5H3,(H,32,36)/t29-/m0/s1. The molecule has 0 bridgehead atoms. The second-order valence-corrected chi connectivity index (χ2v) is 11.8. The fourth-order valence-corrected chi connectivity index (χ4v) is 5.74. The molecule has 0 radical (unpaired) electrons. The predicted octanol–water partition coefficient (Wildman–Crippen LogP) is 4.48. The van der Waals surface area contributed by atoms with Crippen LogP contribution in [0.3, 0.4) is 0 Å². The van der Waals surface area contributed by atoms with Gasteiger partial charge in [-0.25, -0.2) is 8.42 Å². The molecule has 0 aliphatic heterocycles. The lowest BCUT2D eigenvalue weighted by atomic mass is 10.1. The summed E-state index contributed by atoms with van der Waals surface area (Å²) in [5, 5.41) is 2.93. The smallest absolute Gasteiger partial charge is 0.264 e. The molecule has 0 heterocycles. The maximum atomic E-state index is 14.1. The minimum atomic E-state index is -4.14. The molecule has 3 aromatic rings. The van der Waals surface area contributed by atoms with Crippen molar-refractivity contribution in [1.29, 1.82) is 0 Å². The minimum Gasteiger partial charge on any atom is -0.497 e. The lowest BCUT2D eigenvalue weighted by molar-refractivity contribution is -0.140. The summed E-state index contributed by atoms with van der Waals surface area (Å²) in [6.45, 7) is 5.83. The number of methoxy groups -OCH3 is 2. The van der Waals surface area contributed by atoms with Crippen LogP contribution in [0.4, 0.5) is 5.69 Å². The molecular weight excluding hydrogens is 542 g/mol. The summed E-state index contributed by atoms with van der Waals surface area (Å²) >= 11 is 0. The van der Waals surface area contributed by atoms with Crippen molar-refractivity contribution in [2.45, 2.75) is 44.7 Å². The van der Waals surface area contributed by atoms with Crippen LogP contribution in [0.5, 0.6) is 11.5 Å². The van der Waals surface area contributed by atoms with E-state index in [4.69, 9.17) is 9.47 Å². The number of benzene rings is 3. The van der Waals surface area contributed by atoms with E-state index in [9.17, 15) is 18.0 Å². The van der Waals surface area contributed by atoms with Crippen molar-refractivity contribution in [2.24, 2.45) is 5.92 Å². The summed E-state index contributed by atoms with van der Waals surface area (Å²) in [5.74, 6) is 0.568. The summed E-state index contributed by atoms with van der Waals surface area (Å²) < 4.78 is 39.4. The molecule has 0 spiro atoms. The van der Waals surface area contributed by atoms with Crippen LogP contribution in [0.1, 0.15) is 32.8 Å². The highest BCUT2D eigenvalue weighted by Crippen LogP contribution is 2.27. The molecule has 10 heteroatoms. The summed E-state index contributed by atoms with van der Waals surface area (Å²) in [6.07, 6.45) is 0.341. The third kappa shape index (κ3) is 8.23. The number of anilines is 1. The van der Waals surface area contributed by atoms with Gasteiger partial charge in [-0.1, -0.05) is 51.1 Å². The maximum absolute atomic E-state index is 14.1. The number of rotatable bonds is 14. The largest absolute Gasteiger partial charge is 0.497 e. The van der Waals surface area contributed by atoms with E-state index in [-0.39, 0.29) is 23.3 Å². The third-order valence-electron chi connectivity index (χ3n) is 6.53. The van der Waals surface area contributed by atoms with Crippen LogP contribution in [0.2, 0.25) is 0 Å². The first-order chi connectivity index (χ1) is 19.6. The van der Waals surface area contributed by atoms with Crippen LogP contribution in [0.15, 0.2) is 83.8 Å². The quantitative estimate of drug-likeness (QED) is 0.301. The van der Waals surface area contributed by atoms with E-state index in [1.165, 1.54) is 24.1 Å². The van der Waals surface area contributed by atoms with Gasteiger partial charge in [0.1, 0.15) is 24.1 Å². The van der Waals surface area contributed by atoms with Crippen molar-refractivity contribution < 1.29 is 27.5 Å². The second-order valence-electron chi connectivity index (χ2n) is 9.96. The molecule has 0 aliphatic carbocycles. The van der Waals surface area contributed by atoms with E-state index in [0.717, 1.165) is 9.87 Å². The Morgan fingerprint density at radius 1 is 0.878 bits per heavy atom. The van der Waals surface area contributed by atoms with E-state index in [1.807, 2.05) is 26.8 Å². The molecule has 0 unspecified atom stereocenters. The van der Waals surface area contributed by atoms with Gasteiger partial charge in [0.05, 0.1) is 24.8 Å². The number of amides is 2. The van der Waals surface area contributed by atoms with Gasteiger partial charge in [-0.05, 0) is 66.4 Å². The maximum Gasteiger partial charge on any atom is 0.264 e. The van der Waals surface area contributed by atoms with Gasteiger partial charge in [-0.3, -0.25) is 13.9 Å². The monoisotopic (exact) mass is 581 g/mol. The van der Waals surface area contributed by atoms with E-state index >= 15 is 0 Å². The highest BCUT2D eigenvalue weighted by molar-refractivity contribution is 7.92. The number of nitrogens with one attached hydrogen (secondary N) is 1. The summed E-state index contributed by atoms with van der Waals surface area (Å²) in [7, 11) is -1.07. The highest BCUT2D eigenvalue weighted by Gasteiger charge is 2.33. The zero-order chi connectivity index (χ0) is 30.0. The lowest BCUT2D eigenvalue weighted by Crippen LogP contribution is -2.52. The number of ether oxygens (including phenoxy) is 2. The van der Waals surface area contributed by atoms with E-state index in [2.05, 4.69) is 5.32 Å². The van der Waals surface area contributed by atoms with Crippen LogP contribution in [0.25, 0.3) is 0 Å². The van der Waals surface area contributed by atoms with Crippen molar-refractivity contribution in [2.75, 3.05) is 31.6 Å². The average Bonchev–Trinajstić information content (AvgIpc) is 2.99. The van der Waals surface area contributed by atoms with Crippen molar-refractivity contribution >= 4 is 27.5 Å². The summed E-state index contributed by atoms with van der Waals surface area (Å²) in [5.41, 5.74) is 1.04. The number of carbonyl (C=O) groups is 2. The Labute approximate surface area is 243 Å². The van der Waals surface area contributed by atoms with E-state index < -0.39 is 28.5 Å². The van der Waals surface area contributed by atoms with Crippen LogP contribution in [-0.4, -0.2) is 58.5 Å². The van der Waals surface area contributed by atoms with Crippen molar-refractivity contribution in [3.05, 3.63) is 84.4 Å². The van der Waals surface area contributed by atoms with Gasteiger partial charge in [0, 0.05) is 13.1 Å². The Morgan fingerprint density at radius 2 is 1.54 bits per heavy atom. The SMILES string of the molecule is CC[C@@H](C(=O)NCC(C)C)N(Cc1cccc(OC)c1)C(=O)CN(c1ccc(OC)cc1)S(=O)(=O)c1ccccc1. The van der Waals surface area contributed by atoms with Crippen molar-refractivity contribution in [1.82, 2.24) is 10.2 Å². The molecule has 3 aromatic carbocycles. The Morgan fingerprint density at radius 3 is 2.12 bits per heavy atom. The van der Waals surface area contributed by atoms with Gasteiger partial charge in [0.25, 0.3) is 10.0 Å². The Bertz CT molecular complexity index is 1390. The summed E-state index contributed by atoms with van der Waals surface area (Å²) in [6, 6.07) is 20.8. The number of carbonyl (C=O) groups excluding carboxylic acids is 2. The van der Waals surface area contributed by atoms with Gasteiger partial charge >= 0.3 is 0 Å². The molecule has 9 nitrogen and oxygen atoms in total. The van der Waals surface area contributed by atoms with Crippen LogP contribution in [0, 0.1) is 5.92 Å². The van der Waals surface area contributed by atoms with Crippen LogP contribution in [-0.2, 0) is 26.2 Å². The first-order valence-corrected chi connectivity index (χ1v) is 15.0. The van der Waals surface area contributed by atoms with Gasteiger partial charge in [-0.2, -0.15) is 0 Å². The van der Waals surface area contributed by atoms with Gasteiger partial charge < -0.3 is 19.7 Å². The normalized spacial score (nSPS) is 12.0. The zero-order valence-electron chi connectivity index (χ0n) is 24.2. The highest BCUT2D eigenvalue weighted by atomic mass is 32.2. The molecule has 1 N–H and O–H groups in total. The van der Waals surface area contributed by atoms with E-state index in [0.29, 0.717) is 30.2 Å². The topological polar surface area (TPSA) is 105 Å². The average molecular weight is 582 g/mol. The molecule has 220 valence electrons. The van der Waals surface area contributed by atoms with Crippen LogP contribution < -0.4 is 19.1 Å². The zero-order valence-corrected chi connectivity index (χ0v) is 25.1. The Kier molecular flexibility index (Phi) is 11.2. The lowest BCUT2D eigenvalue weighted by Gasteiger charge is -2.33. The molecule has 0 fully saturated rings.